The van der Waals surface area contributed by atoms with Gasteiger partial charge in [0.2, 0.25) is 0 Å². The van der Waals surface area contributed by atoms with Crippen molar-refractivity contribution in [3.05, 3.63) is 34.9 Å². The van der Waals surface area contributed by atoms with E-state index in [-0.39, 0.29) is 1.43 Å². The molecule has 0 heteroatoms. The highest BCUT2D eigenvalue weighted by Crippen LogP contribution is 2.12. The van der Waals surface area contributed by atoms with Gasteiger partial charge in [0.1, 0.15) is 0 Å². The average molecular weight is 222 g/mol. The van der Waals surface area contributed by atoms with Crippen LogP contribution in [0.3, 0.4) is 0 Å². The van der Waals surface area contributed by atoms with Crippen LogP contribution >= 0.6 is 0 Å². The molecular formula is C16H30. The van der Waals surface area contributed by atoms with Crippen molar-refractivity contribution < 1.29 is 1.43 Å². The molecule has 0 radical (unpaired) electrons. The second kappa shape index (κ2) is 8.38. The molecule has 0 aliphatic carbocycles. The van der Waals surface area contributed by atoms with E-state index in [0.717, 1.165) is 12.3 Å². The molecule has 0 nitrogen and oxygen atoms in total. The largest absolute Gasteiger partial charge is 0.0651 e. The average Bonchev–Trinajstić information content (AvgIpc) is 2.32. The third kappa shape index (κ3) is 5.34. The van der Waals surface area contributed by atoms with Gasteiger partial charge in [-0.05, 0) is 42.9 Å². The van der Waals surface area contributed by atoms with E-state index >= 15 is 0 Å². The van der Waals surface area contributed by atoms with Gasteiger partial charge in [0.15, 0.2) is 0 Å². The van der Waals surface area contributed by atoms with Crippen molar-refractivity contribution in [1.29, 1.82) is 0 Å². The first-order valence-corrected chi connectivity index (χ1v) is 6.61. The first kappa shape index (κ1) is 15.2. The Morgan fingerprint density at radius 2 is 1.62 bits per heavy atom. The van der Waals surface area contributed by atoms with Crippen LogP contribution in [0.25, 0.3) is 0 Å². The first-order valence-electron chi connectivity index (χ1n) is 6.61. The monoisotopic (exact) mass is 222 g/mol. The summed E-state index contributed by atoms with van der Waals surface area (Å²) in [5.41, 5.74) is 4.32. The lowest BCUT2D eigenvalue weighted by Gasteiger charge is -2.04. The Labute approximate surface area is 104 Å². The van der Waals surface area contributed by atoms with Crippen LogP contribution in [-0.2, 0) is 6.42 Å². The van der Waals surface area contributed by atoms with Crippen molar-refractivity contribution in [2.75, 3.05) is 0 Å². The Morgan fingerprint density at radius 3 is 1.94 bits per heavy atom. The number of hydrogen-bond acceptors (Lipinski definition) is 0. The summed E-state index contributed by atoms with van der Waals surface area (Å²) < 4.78 is 0. The second-order valence-corrected chi connectivity index (χ2v) is 4.63. The summed E-state index contributed by atoms with van der Waals surface area (Å²) in [6, 6.07) is 6.48. The Balaban J connectivity index is 0. The van der Waals surface area contributed by atoms with E-state index in [1.807, 2.05) is 0 Å². The number of hydrogen-bond donors (Lipinski definition) is 0. The predicted octanol–water partition coefficient (Wildman–Crippen LogP) is 5.55. The van der Waals surface area contributed by atoms with E-state index in [1.54, 1.807) is 0 Å². The molecular weight excluding hydrogens is 192 g/mol. The maximum absolute atomic E-state index is 2.28. The molecule has 0 fully saturated rings. The zero-order valence-corrected chi connectivity index (χ0v) is 11.9. The predicted molar refractivity (Wildman–Crippen MR) is 77.2 cm³/mol. The SMILES string of the molecule is CCC(C)CC.CCc1cccc(C)c1C.[HH]. The van der Waals surface area contributed by atoms with Crippen LogP contribution in [0, 0.1) is 19.8 Å². The summed E-state index contributed by atoms with van der Waals surface area (Å²) >= 11 is 0. The molecule has 94 valence electrons. The standard InChI is InChI=1S/C10H14.C6H14.H2/c1-4-10-7-5-6-8(2)9(10)3;1-4-6(3)5-2;/h5-7H,4H2,1-3H3;6H,4-5H2,1-3H3;1H. The molecule has 0 unspecified atom stereocenters. The van der Waals surface area contributed by atoms with Gasteiger partial charge in [0, 0.05) is 1.43 Å². The van der Waals surface area contributed by atoms with E-state index in [0.29, 0.717) is 0 Å². The van der Waals surface area contributed by atoms with Crippen molar-refractivity contribution >= 4 is 0 Å². The van der Waals surface area contributed by atoms with Gasteiger partial charge >= 0.3 is 0 Å². The van der Waals surface area contributed by atoms with Gasteiger partial charge in [-0.25, -0.2) is 0 Å². The molecule has 0 saturated carbocycles. The lowest BCUT2D eigenvalue weighted by Crippen LogP contribution is -1.88. The first-order chi connectivity index (χ1) is 7.56. The quantitative estimate of drug-likeness (QED) is 0.628. The van der Waals surface area contributed by atoms with Crippen LogP contribution in [0.5, 0.6) is 0 Å². The van der Waals surface area contributed by atoms with Crippen LogP contribution in [0.15, 0.2) is 18.2 Å². The topological polar surface area (TPSA) is 0 Å². The normalized spacial score (nSPS) is 9.94. The molecule has 16 heavy (non-hydrogen) atoms. The van der Waals surface area contributed by atoms with Gasteiger partial charge in [-0.2, -0.15) is 0 Å². The summed E-state index contributed by atoms with van der Waals surface area (Å²) in [4.78, 5) is 0. The van der Waals surface area contributed by atoms with Crippen LogP contribution < -0.4 is 0 Å². The number of rotatable bonds is 3. The molecule has 1 aromatic rings. The van der Waals surface area contributed by atoms with Crippen LogP contribution in [0.4, 0.5) is 0 Å². The molecule has 1 rings (SSSR count). The summed E-state index contributed by atoms with van der Waals surface area (Å²) in [5, 5.41) is 0. The molecule has 0 amide bonds. The van der Waals surface area contributed by atoms with Gasteiger partial charge in [-0.3, -0.25) is 0 Å². The van der Waals surface area contributed by atoms with E-state index in [2.05, 4.69) is 59.7 Å². The lowest BCUT2D eigenvalue weighted by atomic mass is 10.0. The van der Waals surface area contributed by atoms with Crippen LogP contribution in [0.1, 0.15) is 58.7 Å². The van der Waals surface area contributed by atoms with Crippen molar-refractivity contribution in [2.45, 2.75) is 60.8 Å². The van der Waals surface area contributed by atoms with Gasteiger partial charge < -0.3 is 0 Å². The molecule has 0 bridgehead atoms. The lowest BCUT2D eigenvalue weighted by molar-refractivity contribution is 0.544. The molecule has 0 spiro atoms. The molecule has 0 aliphatic heterocycles. The number of benzene rings is 1. The molecule has 0 saturated heterocycles. The maximum atomic E-state index is 2.28. The van der Waals surface area contributed by atoms with Crippen molar-refractivity contribution in [1.82, 2.24) is 0 Å². The summed E-state index contributed by atoms with van der Waals surface area (Å²) in [6.45, 7) is 13.3. The van der Waals surface area contributed by atoms with Crippen LogP contribution in [0.2, 0.25) is 0 Å². The molecule has 0 atom stereocenters. The fourth-order valence-corrected chi connectivity index (χ4v) is 1.48. The molecule has 1 aromatic carbocycles. The molecule has 0 N–H and O–H groups in total. The Kier molecular flexibility index (Phi) is 7.97. The third-order valence-electron chi connectivity index (χ3n) is 3.49. The van der Waals surface area contributed by atoms with Gasteiger partial charge in [0.05, 0.1) is 0 Å². The highest BCUT2D eigenvalue weighted by Gasteiger charge is 1.95. The highest BCUT2D eigenvalue weighted by molar-refractivity contribution is 5.32. The fourth-order valence-electron chi connectivity index (χ4n) is 1.48. The highest BCUT2D eigenvalue weighted by atomic mass is 14.0. The Bertz CT molecular complexity index is 288. The van der Waals surface area contributed by atoms with E-state index < -0.39 is 0 Å². The minimum absolute atomic E-state index is 0. The smallest absolute Gasteiger partial charge is 0 e. The van der Waals surface area contributed by atoms with Gasteiger partial charge in [-0.1, -0.05) is 58.7 Å². The van der Waals surface area contributed by atoms with Crippen molar-refractivity contribution in [3.63, 3.8) is 0 Å². The number of aryl methyl sites for hydroxylation is 2. The summed E-state index contributed by atoms with van der Waals surface area (Å²) in [5.74, 6) is 0.935. The second-order valence-electron chi connectivity index (χ2n) is 4.63. The minimum Gasteiger partial charge on any atom is -0.0651 e. The van der Waals surface area contributed by atoms with E-state index in [1.165, 1.54) is 29.5 Å². The van der Waals surface area contributed by atoms with Crippen molar-refractivity contribution in [2.24, 2.45) is 5.92 Å². The van der Waals surface area contributed by atoms with Crippen LogP contribution in [-0.4, -0.2) is 0 Å². The van der Waals surface area contributed by atoms with Gasteiger partial charge in [0.25, 0.3) is 0 Å². The van der Waals surface area contributed by atoms with Crippen molar-refractivity contribution in [3.8, 4) is 0 Å². The molecule has 0 aromatic heterocycles. The van der Waals surface area contributed by atoms with E-state index in [4.69, 9.17) is 0 Å². The maximum Gasteiger partial charge on any atom is 0 e. The molecule has 0 aliphatic rings. The minimum atomic E-state index is 0. The summed E-state index contributed by atoms with van der Waals surface area (Å²) in [7, 11) is 0. The molecule has 0 heterocycles. The third-order valence-corrected chi connectivity index (χ3v) is 3.49. The Morgan fingerprint density at radius 1 is 1.06 bits per heavy atom. The summed E-state index contributed by atoms with van der Waals surface area (Å²) in [6.07, 6.45) is 3.81. The van der Waals surface area contributed by atoms with E-state index in [9.17, 15) is 0 Å². The zero-order valence-electron chi connectivity index (χ0n) is 11.9. The van der Waals surface area contributed by atoms with Gasteiger partial charge in [-0.15, -0.1) is 0 Å². The Hall–Kier alpha value is -0.780. The fraction of sp³-hybridized carbons (Fsp3) is 0.625. The zero-order chi connectivity index (χ0) is 12.6.